The molecule has 0 aromatic carbocycles. The van der Waals surface area contributed by atoms with Gasteiger partial charge in [-0.15, -0.1) is 0 Å². The number of esters is 2. The van der Waals surface area contributed by atoms with Crippen molar-refractivity contribution in [3.8, 4) is 0 Å². The Morgan fingerprint density at radius 3 is 1.18 bits per heavy atom. The SMILES string of the molecule is CCCCCCCCCCCOC(=O)CCCCCC(CCCCCCCC(=O)OC(CCCCCCCC)CCCCCCCC)C(C)(C)C. The van der Waals surface area contributed by atoms with Crippen LogP contribution in [0, 0.1) is 11.3 Å². The van der Waals surface area contributed by atoms with Gasteiger partial charge in [0.05, 0.1) is 6.61 Å². The third-order valence-electron chi connectivity index (χ3n) is 11.2. The van der Waals surface area contributed by atoms with E-state index >= 15 is 0 Å². The molecule has 0 aliphatic carbocycles. The number of rotatable bonds is 39. The van der Waals surface area contributed by atoms with Crippen LogP contribution in [0.1, 0.15) is 266 Å². The molecule has 0 fully saturated rings. The predicted molar refractivity (Wildman–Crippen MR) is 222 cm³/mol. The normalized spacial score (nSPS) is 12.5. The molecule has 304 valence electrons. The summed E-state index contributed by atoms with van der Waals surface area (Å²) in [5, 5.41) is 0. The molecule has 0 aliphatic heterocycles. The van der Waals surface area contributed by atoms with Gasteiger partial charge in [-0.3, -0.25) is 9.59 Å². The van der Waals surface area contributed by atoms with Crippen molar-refractivity contribution < 1.29 is 19.1 Å². The van der Waals surface area contributed by atoms with Crippen molar-refractivity contribution >= 4 is 11.9 Å². The third-order valence-corrected chi connectivity index (χ3v) is 11.2. The van der Waals surface area contributed by atoms with Crippen molar-refractivity contribution in [2.45, 2.75) is 272 Å². The number of ether oxygens (including phenoxy) is 2. The maximum absolute atomic E-state index is 12.7. The standard InChI is InChI=1S/C47H92O4/c1-7-10-13-16-19-20-21-27-35-42-50-45(48)40-34-28-30-37-43(47(4,5)6)36-29-23-22-26-33-41-46(49)51-44(38-31-24-17-14-11-8-2)39-32-25-18-15-12-9-3/h43-44H,7-42H2,1-6H3. The van der Waals surface area contributed by atoms with E-state index in [1.54, 1.807) is 0 Å². The molecule has 0 bridgehead atoms. The minimum Gasteiger partial charge on any atom is -0.466 e. The lowest BCUT2D eigenvalue weighted by atomic mass is 9.75. The van der Waals surface area contributed by atoms with Gasteiger partial charge in [0.25, 0.3) is 0 Å². The molecule has 0 saturated carbocycles. The fraction of sp³-hybridized carbons (Fsp3) is 0.957. The molecule has 0 aromatic rings. The van der Waals surface area contributed by atoms with E-state index in [1.165, 1.54) is 167 Å². The minimum atomic E-state index is -0.00338. The monoisotopic (exact) mass is 721 g/mol. The molecular weight excluding hydrogens is 629 g/mol. The van der Waals surface area contributed by atoms with Crippen LogP contribution in [0.25, 0.3) is 0 Å². The Hall–Kier alpha value is -1.06. The van der Waals surface area contributed by atoms with Gasteiger partial charge in [-0.25, -0.2) is 0 Å². The van der Waals surface area contributed by atoms with Crippen molar-refractivity contribution in [3.05, 3.63) is 0 Å². The molecule has 0 saturated heterocycles. The van der Waals surface area contributed by atoms with E-state index < -0.39 is 0 Å². The number of hydrogen-bond acceptors (Lipinski definition) is 4. The van der Waals surface area contributed by atoms with Crippen LogP contribution in [0.15, 0.2) is 0 Å². The van der Waals surface area contributed by atoms with E-state index in [1.807, 2.05) is 0 Å². The first kappa shape index (κ1) is 49.9. The Balaban J connectivity index is 4.08. The van der Waals surface area contributed by atoms with Gasteiger partial charge >= 0.3 is 11.9 Å². The second-order valence-corrected chi connectivity index (χ2v) is 17.2. The van der Waals surface area contributed by atoms with E-state index in [4.69, 9.17) is 9.47 Å². The summed E-state index contributed by atoms with van der Waals surface area (Å²) in [6.45, 7) is 14.6. The molecule has 0 rings (SSSR count). The van der Waals surface area contributed by atoms with Crippen LogP contribution in [0.2, 0.25) is 0 Å². The van der Waals surface area contributed by atoms with E-state index in [0.29, 0.717) is 24.9 Å². The van der Waals surface area contributed by atoms with Gasteiger partial charge in [-0.1, -0.05) is 196 Å². The molecule has 0 spiro atoms. The van der Waals surface area contributed by atoms with E-state index in [9.17, 15) is 9.59 Å². The Bertz CT molecular complexity index is 725. The van der Waals surface area contributed by atoms with Crippen molar-refractivity contribution in [3.63, 3.8) is 0 Å². The van der Waals surface area contributed by atoms with Crippen LogP contribution >= 0.6 is 0 Å². The smallest absolute Gasteiger partial charge is 0.306 e. The Labute approximate surface area is 320 Å². The van der Waals surface area contributed by atoms with Gasteiger partial charge < -0.3 is 9.47 Å². The third kappa shape index (κ3) is 35.7. The van der Waals surface area contributed by atoms with Crippen molar-refractivity contribution in [1.82, 2.24) is 0 Å². The molecule has 0 amide bonds. The number of carbonyl (C=O) groups excluding carboxylic acids is 2. The van der Waals surface area contributed by atoms with E-state index in [-0.39, 0.29) is 18.0 Å². The zero-order valence-corrected chi connectivity index (χ0v) is 35.7. The summed E-state index contributed by atoms with van der Waals surface area (Å²) in [6, 6.07) is 0. The van der Waals surface area contributed by atoms with Crippen LogP contribution in [0.5, 0.6) is 0 Å². The molecular formula is C47H92O4. The van der Waals surface area contributed by atoms with Crippen molar-refractivity contribution in [2.75, 3.05) is 6.61 Å². The van der Waals surface area contributed by atoms with Crippen LogP contribution in [0.4, 0.5) is 0 Å². The van der Waals surface area contributed by atoms with Gasteiger partial charge in [0.15, 0.2) is 0 Å². The predicted octanol–water partition coefficient (Wildman–Crippen LogP) is 15.8. The van der Waals surface area contributed by atoms with Crippen LogP contribution < -0.4 is 0 Å². The highest BCUT2D eigenvalue weighted by Crippen LogP contribution is 2.34. The van der Waals surface area contributed by atoms with E-state index in [2.05, 4.69) is 41.5 Å². The highest BCUT2D eigenvalue weighted by molar-refractivity contribution is 5.69. The Morgan fingerprint density at radius 2 is 0.745 bits per heavy atom. The topological polar surface area (TPSA) is 52.6 Å². The van der Waals surface area contributed by atoms with Crippen molar-refractivity contribution in [2.24, 2.45) is 11.3 Å². The first-order valence-electron chi connectivity index (χ1n) is 23.1. The highest BCUT2D eigenvalue weighted by atomic mass is 16.5. The molecule has 51 heavy (non-hydrogen) atoms. The summed E-state index contributed by atoms with van der Waals surface area (Å²) in [5.41, 5.74) is 0.319. The summed E-state index contributed by atoms with van der Waals surface area (Å²) in [6.07, 6.45) is 42.1. The summed E-state index contributed by atoms with van der Waals surface area (Å²) in [5.74, 6) is 0.759. The highest BCUT2D eigenvalue weighted by Gasteiger charge is 2.23. The minimum absolute atomic E-state index is 0.00338. The summed E-state index contributed by atoms with van der Waals surface area (Å²) in [7, 11) is 0. The second kappa shape index (κ2) is 37.3. The molecule has 0 N–H and O–H groups in total. The van der Waals surface area contributed by atoms with Crippen LogP contribution in [0.3, 0.4) is 0 Å². The average Bonchev–Trinajstić information content (AvgIpc) is 3.09. The van der Waals surface area contributed by atoms with Crippen LogP contribution in [-0.2, 0) is 19.1 Å². The lowest BCUT2D eigenvalue weighted by molar-refractivity contribution is -0.150. The fourth-order valence-corrected chi connectivity index (χ4v) is 7.52. The quantitative estimate of drug-likeness (QED) is 0.0468. The first-order valence-corrected chi connectivity index (χ1v) is 23.1. The molecule has 4 heteroatoms. The lowest BCUT2D eigenvalue weighted by Crippen LogP contribution is -2.20. The van der Waals surface area contributed by atoms with Gasteiger partial charge in [-0.05, 0) is 69.1 Å². The maximum Gasteiger partial charge on any atom is 0.306 e. The summed E-state index contributed by atoms with van der Waals surface area (Å²) in [4.78, 5) is 24.9. The van der Waals surface area contributed by atoms with Gasteiger partial charge in [0.2, 0.25) is 0 Å². The summed E-state index contributed by atoms with van der Waals surface area (Å²) >= 11 is 0. The fourth-order valence-electron chi connectivity index (χ4n) is 7.52. The van der Waals surface area contributed by atoms with Gasteiger partial charge in [0, 0.05) is 12.8 Å². The molecule has 0 aromatic heterocycles. The number of carbonyl (C=O) groups is 2. The Morgan fingerprint density at radius 1 is 0.412 bits per heavy atom. The maximum atomic E-state index is 12.7. The van der Waals surface area contributed by atoms with Gasteiger partial charge in [0.1, 0.15) is 6.10 Å². The molecule has 1 atom stereocenters. The average molecular weight is 721 g/mol. The zero-order chi connectivity index (χ0) is 37.7. The molecule has 1 unspecified atom stereocenters. The number of hydrogen-bond donors (Lipinski definition) is 0. The molecule has 0 aliphatic rings. The molecule has 0 radical (unpaired) electrons. The lowest BCUT2D eigenvalue weighted by Gasteiger charge is -2.31. The van der Waals surface area contributed by atoms with Crippen molar-refractivity contribution in [1.29, 1.82) is 0 Å². The number of unbranched alkanes of at least 4 members (excludes halogenated alkanes) is 24. The molecule has 4 nitrogen and oxygen atoms in total. The van der Waals surface area contributed by atoms with Crippen LogP contribution in [-0.4, -0.2) is 24.6 Å². The van der Waals surface area contributed by atoms with E-state index in [0.717, 1.165) is 50.9 Å². The first-order chi connectivity index (χ1) is 24.7. The second-order valence-electron chi connectivity index (χ2n) is 17.2. The zero-order valence-electron chi connectivity index (χ0n) is 35.7. The molecule has 0 heterocycles. The van der Waals surface area contributed by atoms with Gasteiger partial charge in [-0.2, -0.15) is 0 Å². The summed E-state index contributed by atoms with van der Waals surface area (Å²) < 4.78 is 11.5. The largest absolute Gasteiger partial charge is 0.466 e. The Kier molecular flexibility index (Phi) is 36.5.